The second-order valence-corrected chi connectivity index (χ2v) is 10.8. The normalized spacial score (nSPS) is 15.3. The molecule has 4 aromatic carbocycles. The van der Waals surface area contributed by atoms with Crippen molar-refractivity contribution < 1.29 is 14.3 Å². The predicted octanol–water partition coefficient (Wildman–Crippen LogP) is 8.89. The first-order valence-electron chi connectivity index (χ1n) is 12.3. The van der Waals surface area contributed by atoms with Gasteiger partial charge < -0.3 is 9.47 Å². The summed E-state index contributed by atoms with van der Waals surface area (Å²) in [5.74, 6) is 1.02. The molecule has 0 aliphatic carbocycles. The number of amidine groups is 1. The summed E-state index contributed by atoms with van der Waals surface area (Å²) in [6.45, 7) is 2.71. The number of hydrogen-bond acceptors (Lipinski definition) is 5. The van der Waals surface area contributed by atoms with Gasteiger partial charge >= 0.3 is 0 Å². The molecule has 0 aromatic heterocycles. The zero-order chi connectivity index (χ0) is 27.2. The minimum Gasteiger partial charge on any atom is -0.490 e. The summed E-state index contributed by atoms with van der Waals surface area (Å²) >= 11 is 11.1. The number of carbonyl (C=O) groups excluding carboxylic acids is 1. The average Bonchev–Trinajstić information content (AvgIpc) is 3.23. The van der Waals surface area contributed by atoms with Gasteiger partial charge in [0.25, 0.3) is 5.91 Å². The second kappa shape index (κ2) is 12.6. The van der Waals surface area contributed by atoms with E-state index in [-0.39, 0.29) is 5.91 Å². The first kappa shape index (κ1) is 27.1. The first-order chi connectivity index (χ1) is 19.0. The third-order valence-electron chi connectivity index (χ3n) is 5.70. The molecule has 1 aliphatic rings. The number of rotatable bonds is 8. The van der Waals surface area contributed by atoms with Crippen LogP contribution in [0.15, 0.2) is 111 Å². The lowest BCUT2D eigenvalue weighted by molar-refractivity contribution is -0.113. The van der Waals surface area contributed by atoms with E-state index in [0.717, 1.165) is 27.0 Å². The predicted molar refractivity (Wildman–Crippen MR) is 164 cm³/mol. The molecule has 39 heavy (non-hydrogen) atoms. The maximum absolute atomic E-state index is 13.6. The Morgan fingerprint density at radius 3 is 2.41 bits per heavy atom. The quantitative estimate of drug-likeness (QED) is 0.185. The minimum atomic E-state index is -0.142. The summed E-state index contributed by atoms with van der Waals surface area (Å²) in [5, 5.41) is 1.25. The smallest absolute Gasteiger partial charge is 0.271 e. The number of thioether (sulfide) groups is 1. The summed E-state index contributed by atoms with van der Waals surface area (Å²) in [6.07, 6.45) is 1.85. The van der Waals surface area contributed by atoms with Crippen LogP contribution in [-0.4, -0.2) is 17.7 Å². The minimum absolute atomic E-state index is 0.142. The van der Waals surface area contributed by atoms with Crippen molar-refractivity contribution in [1.29, 1.82) is 0 Å². The van der Waals surface area contributed by atoms with Gasteiger partial charge in [-0.3, -0.25) is 9.69 Å². The van der Waals surface area contributed by atoms with Crippen LogP contribution in [0.5, 0.6) is 11.5 Å². The van der Waals surface area contributed by atoms with Gasteiger partial charge in [-0.15, -0.1) is 0 Å². The van der Waals surface area contributed by atoms with E-state index in [1.807, 2.05) is 110 Å². The van der Waals surface area contributed by atoms with Crippen LogP contribution in [0.25, 0.3) is 6.08 Å². The molecule has 0 bridgehead atoms. The Kier molecular flexibility index (Phi) is 8.71. The Bertz CT molecular complexity index is 1540. The van der Waals surface area contributed by atoms with Gasteiger partial charge in [0, 0.05) is 5.02 Å². The molecule has 0 N–H and O–H groups in total. The zero-order valence-corrected chi connectivity index (χ0v) is 24.2. The number of anilines is 1. The van der Waals surface area contributed by atoms with Crippen molar-refractivity contribution >= 4 is 67.8 Å². The Hall–Kier alpha value is -3.52. The molecular weight excluding hydrogens is 596 g/mol. The number of para-hydroxylation sites is 2. The maximum Gasteiger partial charge on any atom is 0.271 e. The molecule has 1 heterocycles. The molecule has 1 aliphatic heterocycles. The fourth-order valence-electron chi connectivity index (χ4n) is 3.97. The van der Waals surface area contributed by atoms with E-state index in [1.165, 1.54) is 11.8 Å². The Morgan fingerprint density at radius 1 is 0.949 bits per heavy atom. The number of hydrogen-bond donors (Lipinski definition) is 0. The van der Waals surface area contributed by atoms with Gasteiger partial charge in [0.15, 0.2) is 16.7 Å². The van der Waals surface area contributed by atoms with Crippen molar-refractivity contribution in [2.75, 3.05) is 11.5 Å². The molecule has 5 nitrogen and oxygen atoms in total. The molecule has 0 atom stereocenters. The van der Waals surface area contributed by atoms with E-state index in [2.05, 4.69) is 15.9 Å². The molecule has 1 amide bonds. The zero-order valence-electron chi connectivity index (χ0n) is 21.0. The Balaban J connectivity index is 1.47. The highest BCUT2D eigenvalue weighted by Crippen LogP contribution is 2.41. The van der Waals surface area contributed by atoms with Crippen molar-refractivity contribution in [3.05, 3.63) is 123 Å². The summed E-state index contributed by atoms with van der Waals surface area (Å²) < 4.78 is 12.8. The number of benzene rings is 4. The van der Waals surface area contributed by atoms with E-state index < -0.39 is 0 Å². The Morgan fingerprint density at radius 2 is 1.69 bits per heavy atom. The first-order valence-corrected chi connectivity index (χ1v) is 14.3. The lowest BCUT2D eigenvalue weighted by Crippen LogP contribution is -2.28. The number of nitrogens with zero attached hydrogens (tertiary/aromatic N) is 2. The number of amides is 1. The third-order valence-corrected chi connectivity index (χ3v) is 7.50. The molecule has 0 spiro atoms. The van der Waals surface area contributed by atoms with Gasteiger partial charge in [0.05, 0.1) is 27.4 Å². The molecule has 196 valence electrons. The van der Waals surface area contributed by atoms with E-state index in [4.69, 9.17) is 26.1 Å². The second-order valence-electron chi connectivity index (χ2n) is 8.50. The molecule has 1 fully saturated rings. The lowest BCUT2D eigenvalue weighted by Gasteiger charge is -2.15. The SMILES string of the molecule is CCOc1cc(/C=C2/SC(=Nc3ccccc3)N(c3ccccc3)C2=O)cc(Br)c1OCc1cccc(Cl)c1. The molecule has 0 radical (unpaired) electrons. The number of halogens is 2. The van der Waals surface area contributed by atoms with E-state index >= 15 is 0 Å². The summed E-state index contributed by atoms with van der Waals surface area (Å²) in [5.41, 5.74) is 3.28. The summed E-state index contributed by atoms with van der Waals surface area (Å²) in [7, 11) is 0. The number of carbonyl (C=O) groups is 1. The van der Waals surface area contributed by atoms with Crippen LogP contribution in [-0.2, 0) is 11.4 Å². The fourth-order valence-corrected chi connectivity index (χ4v) is 5.76. The van der Waals surface area contributed by atoms with Crippen LogP contribution in [0.3, 0.4) is 0 Å². The lowest BCUT2D eigenvalue weighted by atomic mass is 10.1. The number of aliphatic imine (C=N–C) groups is 1. The van der Waals surface area contributed by atoms with Crippen LogP contribution in [0, 0.1) is 0 Å². The summed E-state index contributed by atoms with van der Waals surface area (Å²) in [4.78, 5) is 20.6. The van der Waals surface area contributed by atoms with Crippen LogP contribution >= 0.6 is 39.3 Å². The molecule has 0 unspecified atom stereocenters. The highest BCUT2D eigenvalue weighted by atomic mass is 79.9. The van der Waals surface area contributed by atoms with E-state index in [0.29, 0.717) is 39.8 Å². The van der Waals surface area contributed by atoms with E-state index in [9.17, 15) is 4.79 Å². The van der Waals surface area contributed by atoms with Crippen molar-refractivity contribution in [3.8, 4) is 11.5 Å². The molecular formula is C31H24BrClN2O3S. The number of ether oxygens (including phenoxy) is 2. The van der Waals surface area contributed by atoms with Gasteiger partial charge in [0.1, 0.15) is 6.61 Å². The topological polar surface area (TPSA) is 51.1 Å². The highest BCUT2D eigenvalue weighted by Gasteiger charge is 2.34. The van der Waals surface area contributed by atoms with Crippen LogP contribution < -0.4 is 14.4 Å². The van der Waals surface area contributed by atoms with Crippen LogP contribution in [0.1, 0.15) is 18.1 Å². The molecule has 4 aromatic rings. The third kappa shape index (κ3) is 6.56. The van der Waals surface area contributed by atoms with Gasteiger partial charge in [-0.25, -0.2) is 4.99 Å². The Labute approximate surface area is 245 Å². The van der Waals surface area contributed by atoms with Crippen molar-refractivity contribution in [3.63, 3.8) is 0 Å². The summed E-state index contributed by atoms with van der Waals surface area (Å²) in [6, 6.07) is 30.5. The van der Waals surface area contributed by atoms with Crippen molar-refractivity contribution in [1.82, 2.24) is 0 Å². The fraction of sp³-hybridized carbons (Fsp3) is 0.0968. The molecule has 1 saturated heterocycles. The average molecular weight is 620 g/mol. The van der Waals surface area contributed by atoms with Gasteiger partial charge in [-0.1, -0.05) is 60.1 Å². The molecule has 0 saturated carbocycles. The van der Waals surface area contributed by atoms with Crippen LogP contribution in [0.2, 0.25) is 5.02 Å². The van der Waals surface area contributed by atoms with E-state index in [1.54, 1.807) is 4.90 Å². The highest BCUT2D eigenvalue weighted by molar-refractivity contribution is 9.10. The van der Waals surface area contributed by atoms with Crippen molar-refractivity contribution in [2.45, 2.75) is 13.5 Å². The monoisotopic (exact) mass is 618 g/mol. The largest absolute Gasteiger partial charge is 0.490 e. The molecule has 8 heteroatoms. The maximum atomic E-state index is 13.6. The van der Waals surface area contributed by atoms with Gasteiger partial charge in [0.2, 0.25) is 0 Å². The van der Waals surface area contributed by atoms with Crippen LogP contribution in [0.4, 0.5) is 11.4 Å². The standard InChI is InChI=1S/C31H24BrClN2O3S/c1-2-37-27-18-22(17-26(32)29(27)38-20-21-10-9-11-23(33)16-21)19-28-30(36)35(25-14-7-4-8-15-25)31(39-28)34-24-12-5-3-6-13-24/h3-19H,2,20H2,1H3/b28-19+,34-31?. The van der Waals surface area contributed by atoms with Crippen molar-refractivity contribution in [2.24, 2.45) is 4.99 Å². The van der Waals surface area contributed by atoms with Gasteiger partial charge in [-0.05, 0) is 100 Å². The molecule has 5 rings (SSSR count). The van der Waals surface area contributed by atoms with Gasteiger partial charge in [-0.2, -0.15) is 0 Å².